The van der Waals surface area contributed by atoms with E-state index < -0.39 is 17.3 Å². The average molecular weight is 600 g/mol. The lowest BCUT2D eigenvalue weighted by molar-refractivity contribution is -0.138. The highest BCUT2D eigenvalue weighted by molar-refractivity contribution is 7.80. The smallest absolute Gasteiger partial charge is 0.361 e. The van der Waals surface area contributed by atoms with Crippen LogP contribution < -0.4 is 10.6 Å². The van der Waals surface area contributed by atoms with Gasteiger partial charge in [0.05, 0.1) is 35.5 Å². The summed E-state index contributed by atoms with van der Waals surface area (Å²) in [6.45, 7) is 5.39. The first-order valence-corrected chi connectivity index (χ1v) is 13.8. The molecule has 3 rings (SSSR count). The maximum Gasteiger partial charge on any atom is 0.416 e. The molecule has 0 radical (unpaired) electrons. The second-order valence-electron chi connectivity index (χ2n) is 11.0. The van der Waals surface area contributed by atoms with E-state index in [1.54, 1.807) is 35.6 Å². The molecule has 0 spiro atoms. The fourth-order valence-corrected chi connectivity index (χ4v) is 4.69. The van der Waals surface area contributed by atoms with Crippen LogP contribution in [0.2, 0.25) is 0 Å². The number of nitrogens with one attached hydrogen (secondary N) is 2. The molecule has 0 bridgehead atoms. The fourth-order valence-electron chi connectivity index (χ4n) is 4.46. The van der Waals surface area contributed by atoms with E-state index in [1.807, 2.05) is 49.5 Å². The minimum absolute atomic E-state index is 0.0577. The lowest BCUT2D eigenvalue weighted by Gasteiger charge is -2.36. The third-order valence-electron chi connectivity index (χ3n) is 6.45. The third-order valence-corrected chi connectivity index (χ3v) is 6.85. The van der Waals surface area contributed by atoms with E-state index in [9.17, 15) is 18.0 Å². The summed E-state index contributed by atoms with van der Waals surface area (Å²) in [6.07, 6.45) is -1.18. The van der Waals surface area contributed by atoms with Crippen LogP contribution >= 0.6 is 12.2 Å². The number of rotatable bonds is 12. The van der Waals surface area contributed by atoms with Gasteiger partial charge in [0.25, 0.3) is 0 Å². The maximum atomic E-state index is 13.7. The molecule has 2 aromatic carbocycles. The van der Waals surface area contributed by atoms with Crippen LogP contribution in [0.3, 0.4) is 0 Å². The number of likely N-dealkylation sites (N-methyl/N-ethyl adjacent to an activating group) is 1. The number of thiocarbonyl (C=S) groups is 1. The highest BCUT2D eigenvalue weighted by Crippen LogP contribution is 2.32. The number of halogens is 3. The lowest BCUT2D eigenvalue weighted by Crippen LogP contribution is -2.55. The normalized spacial score (nSPS) is 11.7. The van der Waals surface area contributed by atoms with Gasteiger partial charge in [0.15, 0.2) is 5.11 Å². The van der Waals surface area contributed by atoms with Crippen LogP contribution in [0.4, 0.5) is 13.2 Å². The van der Waals surface area contributed by atoms with E-state index >= 15 is 0 Å². The van der Waals surface area contributed by atoms with Gasteiger partial charge < -0.3 is 25.0 Å². The number of hydrogen-bond acceptors (Lipinski definition) is 5. The summed E-state index contributed by atoms with van der Waals surface area (Å²) in [5.41, 5.74) is 0.757. The van der Waals surface area contributed by atoms with Crippen LogP contribution in [-0.2, 0) is 30.5 Å². The van der Waals surface area contributed by atoms with Gasteiger partial charge in [-0.3, -0.25) is 4.79 Å². The molecule has 0 aliphatic carbocycles. The van der Waals surface area contributed by atoms with Gasteiger partial charge in [-0.1, -0.05) is 30.3 Å². The first-order chi connectivity index (χ1) is 19.8. The lowest BCUT2D eigenvalue weighted by atomic mass is 10.0. The van der Waals surface area contributed by atoms with Crippen LogP contribution in [0.5, 0.6) is 0 Å². The first-order valence-electron chi connectivity index (χ1n) is 13.4. The van der Waals surface area contributed by atoms with Crippen LogP contribution in [-0.4, -0.2) is 69.6 Å². The minimum atomic E-state index is -4.51. The van der Waals surface area contributed by atoms with Gasteiger partial charge in [0, 0.05) is 44.6 Å². The summed E-state index contributed by atoms with van der Waals surface area (Å²) in [5, 5.41) is 15.5. The molecular weight excluding hydrogens is 563 g/mol. The number of hydrogen-bond donors (Lipinski definition) is 2. The molecular formula is C30H36F3N7OS. The van der Waals surface area contributed by atoms with Crippen molar-refractivity contribution in [3.8, 4) is 6.07 Å². The Morgan fingerprint density at radius 2 is 1.81 bits per heavy atom. The van der Waals surface area contributed by atoms with Gasteiger partial charge in [-0.05, 0) is 69.5 Å². The van der Waals surface area contributed by atoms with E-state index in [-0.39, 0.29) is 31.0 Å². The predicted molar refractivity (Wildman–Crippen MR) is 159 cm³/mol. The topological polar surface area (TPSA) is 89.2 Å². The molecule has 1 amide bonds. The number of aromatic nitrogens is 2. The zero-order chi connectivity index (χ0) is 30.9. The molecule has 1 heterocycles. The average Bonchev–Trinajstić information content (AvgIpc) is 3.33. The predicted octanol–water partition coefficient (Wildman–Crippen LogP) is 4.20. The first kappa shape index (κ1) is 32.6. The van der Waals surface area contributed by atoms with Crippen molar-refractivity contribution in [1.82, 2.24) is 30.0 Å². The molecule has 0 unspecified atom stereocenters. The van der Waals surface area contributed by atoms with Crippen LogP contribution in [0, 0.1) is 11.3 Å². The molecule has 0 atom stereocenters. The van der Waals surface area contributed by atoms with Crippen molar-refractivity contribution in [3.63, 3.8) is 0 Å². The van der Waals surface area contributed by atoms with E-state index in [2.05, 4.69) is 21.7 Å². The highest BCUT2D eigenvalue weighted by atomic mass is 32.1. The molecule has 0 saturated carbocycles. The highest BCUT2D eigenvalue weighted by Gasteiger charge is 2.34. The Labute approximate surface area is 250 Å². The van der Waals surface area contributed by atoms with E-state index in [1.165, 1.54) is 12.1 Å². The van der Waals surface area contributed by atoms with Crippen molar-refractivity contribution >= 4 is 23.2 Å². The summed E-state index contributed by atoms with van der Waals surface area (Å²) >= 11 is 5.61. The number of alkyl halides is 3. The van der Waals surface area contributed by atoms with Crippen molar-refractivity contribution in [2.24, 2.45) is 0 Å². The Bertz CT molecular complexity index is 1390. The standard InChI is InChI=1S/C30H36F3N7OS/c1-29(2,37-27(41)15-25-17-35-21-40(25)18-23-11-9-22(16-34)10-12-23)20-39(28(42)36-13-14-38(3)4)19-24-7-5-6-8-26(24)30(31,32)33/h5-12,17,21H,13-15,18-20H2,1-4H3,(H,36,42)(H,37,41). The largest absolute Gasteiger partial charge is 0.416 e. The molecule has 0 saturated heterocycles. The maximum absolute atomic E-state index is 13.7. The van der Waals surface area contributed by atoms with E-state index in [0.29, 0.717) is 36.0 Å². The number of nitriles is 1. The van der Waals surface area contributed by atoms with Gasteiger partial charge in [0.1, 0.15) is 0 Å². The molecule has 0 aliphatic rings. The molecule has 224 valence electrons. The van der Waals surface area contributed by atoms with Crippen LogP contribution in [0.15, 0.2) is 61.1 Å². The van der Waals surface area contributed by atoms with Crippen molar-refractivity contribution in [3.05, 3.63) is 89.0 Å². The van der Waals surface area contributed by atoms with Gasteiger partial charge in [-0.25, -0.2) is 4.98 Å². The Hall–Kier alpha value is -3.95. The number of benzene rings is 2. The molecule has 42 heavy (non-hydrogen) atoms. The zero-order valence-electron chi connectivity index (χ0n) is 24.2. The zero-order valence-corrected chi connectivity index (χ0v) is 25.0. The van der Waals surface area contributed by atoms with Crippen molar-refractivity contribution in [2.45, 2.75) is 45.1 Å². The number of imidazole rings is 1. The van der Waals surface area contributed by atoms with E-state index in [4.69, 9.17) is 17.5 Å². The number of amides is 1. The SMILES string of the molecule is CN(C)CCNC(=S)N(Cc1ccccc1C(F)(F)F)CC(C)(C)NC(=O)Cc1cncn1Cc1ccc(C#N)cc1. The summed E-state index contributed by atoms with van der Waals surface area (Å²) in [5.74, 6) is -0.260. The van der Waals surface area contributed by atoms with Gasteiger partial charge in [0.2, 0.25) is 5.91 Å². The molecule has 2 N–H and O–H groups in total. The molecule has 12 heteroatoms. The summed E-state index contributed by atoms with van der Waals surface area (Å²) in [4.78, 5) is 21.0. The monoisotopic (exact) mass is 599 g/mol. The Kier molecular flexibility index (Phi) is 11.1. The molecule has 0 fully saturated rings. The Morgan fingerprint density at radius 3 is 2.45 bits per heavy atom. The van der Waals surface area contributed by atoms with Crippen LogP contribution in [0.25, 0.3) is 0 Å². The second kappa shape index (κ2) is 14.3. The van der Waals surface area contributed by atoms with Crippen molar-refractivity contribution < 1.29 is 18.0 Å². The fraction of sp³-hybridized carbons (Fsp3) is 0.400. The number of nitrogens with zero attached hydrogens (tertiary/aromatic N) is 5. The van der Waals surface area contributed by atoms with E-state index in [0.717, 1.165) is 11.6 Å². The molecule has 8 nitrogen and oxygen atoms in total. The van der Waals surface area contributed by atoms with Crippen molar-refractivity contribution in [2.75, 3.05) is 33.7 Å². The second-order valence-corrected chi connectivity index (χ2v) is 11.4. The summed E-state index contributed by atoms with van der Waals surface area (Å²) < 4.78 is 43.1. The number of carbonyl (C=O) groups is 1. The Balaban J connectivity index is 1.72. The molecule has 3 aromatic rings. The van der Waals surface area contributed by atoms with Crippen molar-refractivity contribution in [1.29, 1.82) is 5.26 Å². The summed E-state index contributed by atoms with van der Waals surface area (Å²) in [7, 11) is 3.83. The minimum Gasteiger partial charge on any atom is -0.361 e. The van der Waals surface area contributed by atoms with Gasteiger partial charge >= 0.3 is 6.18 Å². The van der Waals surface area contributed by atoms with Crippen LogP contribution in [0.1, 0.15) is 41.8 Å². The third kappa shape index (κ3) is 9.85. The van der Waals surface area contributed by atoms with Gasteiger partial charge in [-0.2, -0.15) is 18.4 Å². The van der Waals surface area contributed by atoms with Gasteiger partial charge in [-0.15, -0.1) is 0 Å². The number of carbonyl (C=O) groups excluding carboxylic acids is 1. The Morgan fingerprint density at radius 1 is 1.12 bits per heavy atom. The summed E-state index contributed by atoms with van der Waals surface area (Å²) in [6, 6.07) is 14.7. The molecule has 0 aliphatic heterocycles. The molecule has 1 aromatic heterocycles. The quantitative estimate of drug-likeness (QED) is 0.302.